The number of hydrogen-bond donors (Lipinski definition) is 2. The molecular weight excluding hydrogens is 277 g/mol. The van der Waals surface area contributed by atoms with Crippen molar-refractivity contribution in [2.75, 3.05) is 5.32 Å². The van der Waals surface area contributed by atoms with Crippen molar-refractivity contribution in [1.29, 1.82) is 0 Å². The first-order chi connectivity index (χ1) is 9.88. The average molecular weight is 295 g/mol. The summed E-state index contributed by atoms with van der Waals surface area (Å²) in [5, 5.41) is 11.4. The number of anilines is 1. The molecule has 114 valence electrons. The molecule has 0 radical (unpaired) electrons. The van der Waals surface area contributed by atoms with Gasteiger partial charge in [0, 0.05) is 6.07 Å². The average Bonchev–Trinajstić information content (AvgIpc) is 2.29. The van der Waals surface area contributed by atoms with Gasteiger partial charge in [-0.2, -0.15) is 0 Å². The second-order valence-corrected chi connectivity index (χ2v) is 5.43. The molecule has 1 fully saturated rings. The third-order valence-electron chi connectivity index (χ3n) is 3.50. The predicted molar refractivity (Wildman–Crippen MR) is 74.6 cm³/mol. The Bertz CT molecular complexity index is 559. The van der Waals surface area contributed by atoms with Gasteiger partial charge < -0.3 is 15.2 Å². The number of hydrogen-bond acceptors (Lipinski definition) is 3. The van der Waals surface area contributed by atoms with E-state index in [-0.39, 0.29) is 11.8 Å². The van der Waals surface area contributed by atoms with E-state index in [9.17, 15) is 14.0 Å². The number of rotatable bonds is 5. The lowest BCUT2D eigenvalue weighted by Gasteiger charge is -2.31. The molecule has 21 heavy (non-hydrogen) atoms. The van der Waals surface area contributed by atoms with E-state index in [1.165, 1.54) is 12.1 Å². The lowest BCUT2D eigenvalue weighted by Crippen LogP contribution is -2.41. The zero-order chi connectivity index (χ0) is 15.6. The molecule has 5 nitrogen and oxygen atoms in total. The van der Waals surface area contributed by atoms with Crippen LogP contribution in [0.25, 0.3) is 0 Å². The number of carbonyl (C=O) groups excluding carboxylic acids is 1. The van der Waals surface area contributed by atoms with Gasteiger partial charge in [0.1, 0.15) is 11.6 Å². The zero-order valence-corrected chi connectivity index (χ0v) is 11.9. The highest BCUT2D eigenvalue weighted by Gasteiger charge is 2.41. The molecule has 1 saturated carbocycles. The van der Waals surface area contributed by atoms with E-state index in [4.69, 9.17) is 9.84 Å². The third kappa shape index (κ3) is 3.51. The second-order valence-electron chi connectivity index (χ2n) is 5.43. The molecule has 2 N–H and O–H groups in total. The molecule has 0 aliphatic heterocycles. The summed E-state index contributed by atoms with van der Waals surface area (Å²) in [4.78, 5) is 22.8. The molecule has 2 atom stereocenters. The largest absolute Gasteiger partial charge is 0.491 e. The van der Waals surface area contributed by atoms with Crippen LogP contribution in [-0.4, -0.2) is 23.1 Å². The first-order valence-corrected chi connectivity index (χ1v) is 6.88. The molecule has 1 aromatic rings. The number of carboxylic acids is 1. The summed E-state index contributed by atoms with van der Waals surface area (Å²) in [6, 6.07) is 4.18. The fourth-order valence-electron chi connectivity index (χ4n) is 2.28. The van der Waals surface area contributed by atoms with E-state index < -0.39 is 29.5 Å². The smallest absolute Gasteiger partial charge is 0.307 e. The summed E-state index contributed by atoms with van der Waals surface area (Å²) in [5.74, 6) is -2.92. The van der Waals surface area contributed by atoms with Crippen LogP contribution in [0.15, 0.2) is 18.2 Å². The Hall–Kier alpha value is -2.11. The quantitative estimate of drug-likeness (QED) is 0.875. The Morgan fingerprint density at radius 1 is 1.33 bits per heavy atom. The van der Waals surface area contributed by atoms with Gasteiger partial charge in [-0.1, -0.05) is 0 Å². The van der Waals surface area contributed by atoms with Crippen molar-refractivity contribution < 1.29 is 23.8 Å². The molecule has 0 spiro atoms. The summed E-state index contributed by atoms with van der Waals surface area (Å²) in [6.07, 6.45) is 0.923. The SMILES string of the molecule is CC(C)Oc1ccc(NC(=O)C2CCC2C(=O)O)c(F)c1. The summed E-state index contributed by atoms with van der Waals surface area (Å²) in [7, 11) is 0. The second kappa shape index (κ2) is 6.11. The fourth-order valence-corrected chi connectivity index (χ4v) is 2.28. The van der Waals surface area contributed by atoms with Crippen LogP contribution in [0.4, 0.5) is 10.1 Å². The first-order valence-electron chi connectivity index (χ1n) is 6.88. The standard InChI is InChI=1S/C15H18FNO4/c1-8(2)21-9-3-6-13(12(16)7-9)17-14(18)10-4-5-11(10)15(19)20/h3,6-8,10-11H,4-5H2,1-2H3,(H,17,18)(H,19,20). The van der Waals surface area contributed by atoms with Crippen LogP contribution in [0, 0.1) is 17.7 Å². The van der Waals surface area contributed by atoms with E-state index in [1.54, 1.807) is 6.07 Å². The number of halogens is 1. The Kier molecular flexibility index (Phi) is 4.45. The van der Waals surface area contributed by atoms with Crippen LogP contribution in [0.5, 0.6) is 5.75 Å². The van der Waals surface area contributed by atoms with Crippen LogP contribution in [0.3, 0.4) is 0 Å². The lowest BCUT2D eigenvalue weighted by molar-refractivity contribution is -0.151. The monoisotopic (exact) mass is 295 g/mol. The van der Waals surface area contributed by atoms with Crippen molar-refractivity contribution in [2.24, 2.45) is 11.8 Å². The molecule has 2 unspecified atom stereocenters. The maximum absolute atomic E-state index is 13.9. The van der Waals surface area contributed by atoms with Gasteiger partial charge in [0.15, 0.2) is 0 Å². The summed E-state index contributed by atoms with van der Waals surface area (Å²) >= 11 is 0. The molecule has 0 saturated heterocycles. The number of carboxylic acid groups (broad SMARTS) is 1. The molecule has 2 rings (SSSR count). The highest BCUT2D eigenvalue weighted by Crippen LogP contribution is 2.35. The van der Waals surface area contributed by atoms with E-state index in [1.807, 2.05) is 13.8 Å². The lowest BCUT2D eigenvalue weighted by atomic mass is 9.73. The minimum absolute atomic E-state index is 0.0344. The van der Waals surface area contributed by atoms with Crippen molar-refractivity contribution in [3.05, 3.63) is 24.0 Å². The molecule has 0 aromatic heterocycles. The molecule has 6 heteroatoms. The van der Waals surface area contributed by atoms with Gasteiger partial charge in [-0.05, 0) is 38.8 Å². The number of ether oxygens (including phenoxy) is 1. The molecule has 0 heterocycles. The summed E-state index contributed by atoms with van der Waals surface area (Å²) in [6.45, 7) is 3.66. The number of aliphatic carboxylic acids is 1. The molecule has 0 bridgehead atoms. The number of benzene rings is 1. The van der Waals surface area contributed by atoms with E-state index >= 15 is 0 Å². The fraction of sp³-hybridized carbons (Fsp3) is 0.467. The van der Waals surface area contributed by atoms with Crippen molar-refractivity contribution in [2.45, 2.75) is 32.8 Å². The van der Waals surface area contributed by atoms with Crippen LogP contribution in [0.2, 0.25) is 0 Å². The summed E-state index contributed by atoms with van der Waals surface area (Å²) in [5.41, 5.74) is 0.0344. The Balaban J connectivity index is 2.03. The van der Waals surface area contributed by atoms with Gasteiger partial charge in [0.2, 0.25) is 5.91 Å². The Labute approximate surface area is 122 Å². The minimum Gasteiger partial charge on any atom is -0.491 e. The van der Waals surface area contributed by atoms with Gasteiger partial charge in [0.25, 0.3) is 0 Å². The maximum atomic E-state index is 13.9. The van der Waals surface area contributed by atoms with Crippen LogP contribution in [0.1, 0.15) is 26.7 Å². The Morgan fingerprint density at radius 3 is 2.48 bits per heavy atom. The van der Waals surface area contributed by atoms with E-state index in [2.05, 4.69) is 5.32 Å². The van der Waals surface area contributed by atoms with Gasteiger partial charge in [0.05, 0.1) is 23.6 Å². The van der Waals surface area contributed by atoms with Gasteiger partial charge in [-0.25, -0.2) is 4.39 Å². The van der Waals surface area contributed by atoms with Gasteiger partial charge in [-0.15, -0.1) is 0 Å². The van der Waals surface area contributed by atoms with Gasteiger partial charge in [-0.3, -0.25) is 9.59 Å². The normalized spacial score (nSPS) is 20.8. The maximum Gasteiger partial charge on any atom is 0.307 e. The molecule has 1 aliphatic carbocycles. The van der Waals surface area contributed by atoms with Gasteiger partial charge >= 0.3 is 5.97 Å². The number of nitrogens with one attached hydrogen (secondary N) is 1. The number of amides is 1. The van der Waals surface area contributed by atoms with E-state index in [0.29, 0.717) is 18.6 Å². The van der Waals surface area contributed by atoms with Crippen molar-refractivity contribution in [3.8, 4) is 5.75 Å². The molecule has 1 amide bonds. The van der Waals surface area contributed by atoms with Crippen LogP contribution >= 0.6 is 0 Å². The van der Waals surface area contributed by atoms with Crippen molar-refractivity contribution in [3.63, 3.8) is 0 Å². The molecular formula is C15H18FNO4. The summed E-state index contributed by atoms with van der Waals surface area (Å²) < 4.78 is 19.2. The van der Waals surface area contributed by atoms with Crippen LogP contribution < -0.4 is 10.1 Å². The Morgan fingerprint density at radius 2 is 2.00 bits per heavy atom. The third-order valence-corrected chi connectivity index (χ3v) is 3.50. The van der Waals surface area contributed by atoms with Crippen molar-refractivity contribution >= 4 is 17.6 Å². The zero-order valence-electron chi connectivity index (χ0n) is 11.9. The topological polar surface area (TPSA) is 75.6 Å². The first kappa shape index (κ1) is 15.3. The number of carbonyl (C=O) groups is 2. The highest BCUT2D eigenvalue weighted by atomic mass is 19.1. The van der Waals surface area contributed by atoms with E-state index in [0.717, 1.165) is 0 Å². The molecule has 1 aliphatic rings. The van der Waals surface area contributed by atoms with Crippen LogP contribution in [-0.2, 0) is 9.59 Å². The highest BCUT2D eigenvalue weighted by molar-refractivity contribution is 5.96. The minimum atomic E-state index is -0.984. The molecule has 1 aromatic carbocycles. The van der Waals surface area contributed by atoms with Crippen molar-refractivity contribution in [1.82, 2.24) is 0 Å². The predicted octanol–water partition coefficient (Wildman–Crippen LogP) is 2.66.